The van der Waals surface area contributed by atoms with Crippen LogP contribution in [0.5, 0.6) is 5.75 Å². The molecule has 0 saturated heterocycles. The molecule has 0 saturated carbocycles. The lowest BCUT2D eigenvalue weighted by Crippen LogP contribution is -1.98. The third-order valence-corrected chi connectivity index (χ3v) is 7.66. The number of benzene rings is 2. The Labute approximate surface area is 238 Å². The smallest absolute Gasteiger partial charge is 0.159 e. The summed E-state index contributed by atoms with van der Waals surface area (Å²) in [6.07, 6.45) is 26.3. The van der Waals surface area contributed by atoms with Gasteiger partial charge >= 0.3 is 0 Å². The number of nitrogens with zero attached hydrogens (tertiary/aromatic N) is 2. The lowest BCUT2D eigenvalue weighted by atomic mass is 10.0. The highest BCUT2D eigenvalue weighted by molar-refractivity contribution is 5.55. The molecule has 39 heavy (non-hydrogen) atoms. The summed E-state index contributed by atoms with van der Waals surface area (Å²) in [5.41, 5.74) is 5.05. The van der Waals surface area contributed by atoms with Crippen LogP contribution in [0.3, 0.4) is 0 Å². The third-order valence-electron chi connectivity index (χ3n) is 7.66. The first-order chi connectivity index (χ1) is 19.3. The largest absolute Gasteiger partial charge is 0.486 e. The summed E-state index contributed by atoms with van der Waals surface area (Å²) >= 11 is 0. The summed E-state index contributed by atoms with van der Waals surface area (Å²) in [7, 11) is 0. The van der Waals surface area contributed by atoms with Gasteiger partial charge in [-0.3, -0.25) is 0 Å². The average molecular weight is 529 g/mol. The van der Waals surface area contributed by atoms with Gasteiger partial charge in [0, 0.05) is 5.56 Å². The zero-order valence-corrected chi connectivity index (χ0v) is 24.8. The number of hydrogen-bond donors (Lipinski definition) is 0. The molecule has 0 radical (unpaired) electrons. The molecule has 0 bridgehead atoms. The number of hydrogen-bond acceptors (Lipinski definition) is 3. The average Bonchev–Trinajstić information content (AvgIpc) is 2.98. The van der Waals surface area contributed by atoms with Crippen LogP contribution in [0.25, 0.3) is 11.4 Å². The summed E-state index contributed by atoms with van der Waals surface area (Å²) in [5.74, 6) is 1.45. The SMILES string of the molecule is CCCCCCCCCCc1ccc(COc2cnc(-c3ccc(CCCCCCCCC)cc3)nc2)cc1. The van der Waals surface area contributed by atoms with Gasteiger partial charge in [0.25, 0.3) is 0 Å². The molecule has 0 aliphatic heterocycles. The van der Waals surface area contributed by atoms with E-state index < -0.39 is 0 Å². The molecular weight excluding hydrogens is 476 g/mol. The first kappa shape index (κ1) is 30.9. The van der Waals surface area contributed by atoms with Crippen LogP contribution in [-0.4, -0.2) is 9.97 Å². The van der Waals surface area contributed by atoms with Gasteiger partial charge in [0.05, 0.1) is 12.4 Å². The first-order valence-corrected chi connectivity index (χ1v) is 15.9. The van der Waals surface area contributed by atoms with Crippen molar-refractivity contribution >= 4 is 0 Å². The monoisotopic (exact) mass is 528 g/mol. The molecule has 0 amide bonds. The number of aromatic nitrogens is 2. The van der Waals surface area contributed by atoms with Crippen molar-refractivity contribution in [2.75, 3.05) is 0 Å². The van der Waals surface area contributed by atoms with Crippen molar-refractivity contribution < 1.29 is 4.74 Å². The Balaban J connectivity index is 1.32. The van der Waals surface area contributed by atoms with E-state index in [0.717, 1.165) is 17.8 Å². The van der Waals surface area contributed by atoms with Crippen LogP contribution in [-0.2, 0) is 19.4 Å². The Morgan fingerprint density at radius 3 is 1.38 bits per heavy atom. The van der Waals surface area contributed by atoms with Crippen LogP contribution >= 0.6 is 0 Å². The van der Waals surface area contributed by atoms with Gasteiger partial charge in [-0.2, -0.15) is 0 Å². The summed E-state index contributed by atoms with van der Waals surface area (Å²) in [4.78, 5) is 9.10. The summed E-state index contributed by atoms with van der Waals surface area (Å²) < 4.78 is 5.96. The van der Waals surface area contributed by atoms with Gasteiger partial charge in [-0.25, -0.2) is 9.97 Å². The van der Waals surface area contributed by atoms with Crippen molar-refractivity contribution in [1.82, 2.24) is 9.97 Å². The van der Waals surface area contributed by atoms with E-state index in [2.05, 4.69) is 72.3 Å². The fourth-order valence-corrected chi connectivity index (χ4v) is 5.08. The molecule has 3 nitrogen and oxygen atoms in total. The zero-order valence-electron chi connectivity index (χ0n) is 24.8. The Hall–Kier alpha value is -2.68. The maximum absolute atomic E-state index is 5.96. The van der Waals surface area contributed by atoms with Gasteiger partial charge in [-0.15, -0.1) is 0 Å². The number of aryl methyl sites for hydroxylation is 2. The molecule has 0 atom stereocenters. The molecule has 0 aliphatic carbocycles. The van der Waals surface area contributed by atoms with E-state index >= 15 is 0 Å². The van der Waals surface area contributed by atoms with Gasteiger partial charge in [0.1, 0.15) is 6.61 Å². The van der Waals surface area contributed by atoms with Crippen molar-refractivity contribution in [2.45, 2.75) is 130 Å². The van der Waals surface area contributed by atoms with Gasteiger partial charge in [-0.1, -0.05) is 146 Å². The van der Waals surface area contributed by atoms with E-state index in [-0.39, 0.29) is 0 Å². The highest BCUT2D eigenvalue weighted by atomic mass is 16.5. The number of unbranched alkanes of at least 4 members (excludes halogenated alkanes) is 13. The fourth-order valence-electron chi connectivity index (χ4n) is 5.08. The second-order valence-electron chi connectivity index (χ2n) is 11.1. The van der Waals surface area contributed by atoms with E-state index in [0.29, 0.717) is 12.4 Å². The summed E-state index contributed by atoms with van der Waals surface area (Å²) in [5, 5.41) is 0. The highest BCUT2D eigenvalue weighted by Crippen LogP contribution is 2.20. The van der Waals surface area contributed by atoms with Crippen molar-refractivity contribution in [2.24, 2.45) is 0 Å². The second-order valence-corrected chi connectivity index (χ2v) is 11.1. The van der Waals surface area contributed by atoms with E-state index in [1.54, 1.807) is 12.4 Å². The van der Waals surface area contributed by atoms with Gasteiger partial charge in [-0.05, 0) is 42.4 Å². The van der Waals surface area contributed by atoms with Crippen LogP contribution < -0.4 is 4.74 Å². The Bertz CT molecular complexity index is 996. The van der Waals surface area contributed by atoms with Gasteiger partial charge in [0.2, 0.25) is 0 Å². The minimum Gasteiger partial charge on any atom is -0.486 e. The van der Waals surface area contributed by atoms with Gasteiger partial charge in [0.15, 0.2) is 11.6 Å². The van der Waals surface area contributed by atoms with Crippen molar-refractivity contribution in [3.8, 4) is 17.1 Å². The molecule has 3 aromatic rings. The Kier molecular flexibility index (Phi) is 15.3. The van der Waals surface area contributed by atoms with Crippen molar-refractivity contribution in [3.05, 3.63) is 77.6 Å². The molecule has 0 N–H and O–H groups in total. The molecule has 3 rings (SSSR count). The zero-order chi connectivity index (χ0) is 27.4. The predicted octanol–water partition coefficient (Wildman–Crippen LogP) is 10.7. The van der Waals surface area contributed by atoms with Gasteiger partial charge < -0.3 is 4.74 Å². The molecule has 2 aromatic carbocycles. The molecule has 0 unspecified atom stereocenters. The van der Waals surface area contributed by atoms with Crippen LogP contribution in [0.2, 0.25) is 0 Å². The fraction of sp³-hybridized carbons (Fsp3) is 0.556. The minimum atomic E-state index is 0.536. The standard InChI is InChI=1S/C36H52N2O/c1-3-5-7-9-11-13-15-16-18-31-20-22-33(23-21-31)30-39-35-28-37-36(38-29-35)34-26-24-32(25-27-34)19-17-14-12-10-8-6-4-2/h20-29H,3-19,30H2,1-2H3. The normalized spacial score (nSPS) is 11.1. The Morgan fingerprint density at radius 1 is 0.487 bits per heavy atom. The minimum absolute atomic E-state index is 0.536. The molecule has 1 heterocycles. The molecule has 0 spiro atoms. The van der Waals surface area contributed by atoms with E-state index in [9.17, 15) is 0 Å². The van der Waals surface area contributed by atoms with Crippen molar-refractivity contribution in [3.63, 3.8) is 0 Å². The molecular formula is C36H52N2O. The van der Waals surface area contributed by atoms with Crippen LogP contribution in [0, 0.1) is 0 Å². The second kappa shape index (κ2) is 19.4. The topological polar surface area (TPSA) is 35.0 Å². The van der Waals surface area contributed by atoms with Crippen molar-refractivity contribution in [1.29, 1.82) is 0 Å². The molecule has 0 aliphatic rings. The molecule has 0 fully saturated rings. The predicted molar refractivity (Wildman–Crippen MR) is 166 cm³/mol. The van der Waals surface area contributed by atoms with E-state index in [1.165, 1.54) is 119 Å². The molecule has 212 valence electrons. The summed E-state index contributed by atoms with van der Waals surface area (Å²) in [6.45, 7) is 5.09. The van der Waals surface area contributed by atoms with Crippen LogP contribution in [0.1, 0.15) is 127 Å². The first-order valence-electron chi connectivity index (χ1n) is 15.9. The maximum atomic E-state index is 5.96. The number of ether oxygens (including phenoxy) is 1. The van der Waals surface area contributed by atoms with E-state index in [1.807, 2.05) is 0 Å². The van der Waals surface area contributed by atoms with Crippen LogP contribution in [0.4, 0.5) is 0 Å². The highest BCUT2D eigenvalue weighted by Gasteiger charge is 2.04. The lowest BCUT2D eigenvalue weighted by Gasteiger charge is -2.08. The Morgan fingerprint density at radius 2 is 0.897 bits per heavy atom. The molecule has 3 heteroatoms. The quantitative estimate of drug-likeness (QED) is 0.129. The third kappa shape index (κ3) is 12.8. The number of rotatable bonds is 21. The lowest BCUT2D eigenvalue weighted by molar-refractivity contribution is 0.303. The van der Waals surface area contributed by atoms with Crippen LogP contribution in [0.15, 0.2) is 60.9 Å². The molecule has 1 aromatic heterocycles. The summed E-state index contributed by atoms with van der Waals surface area (Å²) in [6, 6.07) is 17.6. The van der Waals surface area contributed by atoms with E-state index in [4.69, 9.17) is 4.74 Å². The maximum Gasteiger partial charge on any atom is 0.159 e.